The van der Waals surface area contributed by atoms with Crippen LogP contribution in [0, 0.1) is 0 Å². The second-order valence-electron chi connectivity index (χ2n) is 2.94. The Morgan fingerprint density at radius 1 is 1.31 bits per heavy atom. The van der Waals surface area contributed by atoms with Crippen molar-refractivity contribution in [2.45, 2.75) is 6.92 Å². The highest BCUT2D eigenvalue weighted by atomic mass is 19.3. The monoisotopic (exact) mass is 228 g/mol. The molecule has 0 N–H and O–H groups in total. The molecule has 0 amide bonds. The van der Waals surface area contributed by atoms with E-state index in [1.165, 1.54) is 32.2 Å². The number of carbonyl (C=O) groups is 1. The summed E-state index contributed by atoms with van der Waals surface area (Å²) in [6, 6.07) is 4.16. The van der Waals surface area contributed by atoms with E-state index in [9.17, 15) is 13.6 Å². The summed E-state index contributed by atoms with van der Waals surface area (Å²) in [5.41, 5.74) is 0.271. The van der Waals surface area contributed by atoms with Crippen LogP contribution in [-0.4, -0.2) is 13.1 Å². The summed E-state index contributed by atoms with van der Waals surface area (Å²) < 4.78 is 33.7. The standard InChI is InChI=1S/C11H10F2O3/c1-7(14)16-9-4-3-8(6-11(12)13)5-10(9)15-2/h3-6H,1-2H3. The van der Waals surface area contributed by atoms with E-state index in [1.807, 2.05) is 0 Å². The lowest BCUT2D eigenvalue weighted by molar-refractivity contribution is -0.132. The van der Waals surface area contributed by atoms with Crippen molar-refractivity contribution in [1.29, 1.82) is 0 Å². The van der Waals surface area contributed by atoms with E-state index in [0.29, 0.717) is 6.08 Å². The van der Waals surface area contributed by atoms with Gasteiger partial charge in [0.1, 0.15) is 0 Å². The molecule has 0 radical (unpaired) electrons. The van der Waals surface area contributed by atoms with Crippen molar-refractivity contribution in [3.05, 3.63) is 29.8 Å². The molecule has 0 fully saturated rings. The van der Waals surface area contributed by atoms with Gasteiger partial charge >= 0.3 is 5.97 Å². The number of carbonyl (C=O) groups excluding carboxylic acids is 1. The van der Waals surface area contributed by atoms with Crippen LogP contribution in [0.3, 0.4) is 0 Å². The molecule has 0 atom stereocenters. The summed E-state index contributed by atoms with van der Waals surface area (Å²) in [6.45, 7) is 1.24. The molecule has 0 unspecified atom stereocenters. The summed E-state index contributed by atoms with van der Waals surface area (Å²) in [6.07, 6.45) is -1.11. The second-order valence-corrected chi connectivity index (χ2v) is 2.94. The zero-order chi connectivity index (χ0) is 12.1. The van der Waals surface area contributed by atoms with E-state index < -0.39 is 12.0 Å². The fraction of sp³-hybridized carbons (Fsp3) is 0.182. The molecule has 3 nitrogen and oxygen atoms in total. The smallest absolute Gasteiger partial charge is 0.308 e. The van der Waals surface area contributed by atoms with E-state index in [1.54, 1.807) is 0 Å². The lowest BCUT2D eigenvalue weighted by atomic mass is 10.2. The SMILES string of the molecule is COc1cc(C=C(F)F)ccc1OC(C)=O. The molecule has 0 heterocycles. The first-order valence-electron chi connectivity index (χ1n) is 4.42. The van der Waals surface area contributed by atoms with Crippen LogP contribution in [-0.2, 0) is 4.79 Å². The molecule has 1 aromatic rings. The van der Waals surface area contributed by atoms with Gasteiger partial charge in [-0.15, -0.1) is 0 Å². The summed E-state index contributed by atoms with van der Waals surface area (Å²) in [5.74, 6) is -0.0742. The molecule has 0 bridgehead atoms. The maximum Gasteiger partial charge on any atom is 0.308 e. The van der Waals surface area contributed by atoms with Crippen molar-refractivity contribution < 1.29 is 23.0 Å². The van der Waals surface area contributed by atoms with Crippen molar-refractivity contribution in [2.75, 3.05) is 7.11 Å². The number of ether oxygens (including phenoxy) is 2. The third-order valence-electron chi connectivity index (χ3n) is 1.72. The van der Waals surface area contributed by atoms with Gasteiger partial charge in [-0.2, -0.15) is 8.78 Å². The molecule has 1 aromatic carbocycles. The topological polar surface area (TPSA) is 35.5 Å². The first-order chi connectivity index (χ1) is 7.52. The first kappa shape index (κ1) is 12.2. The Balaban J connectivity index is 3.06. The highest BCUT2D eigenvalue weighted by Gasteiger charge is 2.07. The molecular formula is C11H10F2O3. The molecule has 0 saturated carbocycles. The minimum atomic E-state index is -1.80. The van der Waals surface area contributed by atoms with E-state index in [2.05, 4.69) is 0 Å². The zero-order valence-corrected chi connectivity index (χ0v) is 8.79. The minimum absolute atomic E-state index is 0.200. The van der Waals surface area contributed by atoms with E-state index >= 15 is 0 Å². The summed E-state index contributed by atoms with van der Waals surface area (Å²) in [4.78, 5) is 10.7. The Bertz CT molecular complexity index is 423. The summed E-state index contributed by atoms with van der Waals surface area (Å²) in [5, 5.41) is 0. The third kappa shape index (κ3) is 3.34. The van der Waals surface area contributed by atoms with Crippen LogP contribution in [0.1, 0.15) is 12.5 Å². The van der Waals surface area contributed by atoms with Gasteiger partial charge in [-0.25, -0.2) is 0 Å². The Kier molecular flexibility index (Phi) is 3.99. The lowest BCUT2D eigenvalue weighted by Crippen LogP contribution is -2.03. The normalized spacial score (nSPS) is 9.50. The van der Waals surface area contributed by atoms with Crippen LogP contribution >= 0.6 is 0 Å². The molecule has 0 aliphatic heterocycles. The molecule has 0 aromatic heterocycles. The highest BCUT2D eigenvalue weighted by molar-refractivity contribution is 5.71. The fourth-order valence-electron chi connectivity index (χ4n) is 1.14. The Labute approximate surface area is 91.3 Å². The lowest BCUT2D eigenvalue weighted by Gasteiger charge is -2.08. The summed E-state index contributed by atoms with van der Waals surface area (Å²) >= 11 is 0. The Morgan fingerprint density at radius 2 is 2.00 bits per heavy atom. The summed E-state index contributed by atoms with van der Waals surface area (Å²) in [7, 11) is 1.36. The fourth-order valence-corrected chi connectivity index (χ4v) is 1.14. The van der Waals surface area contributed by atoms with Crippen molar-refractivity contribution in [2.24, 2.45) is 0 Å². The van der Waals surface area contributed by atoms with Crippen LogP contribution in [0.25, 0.3) is 6.08 Å². The predicted molar refractivity (Wildman–Crippen MR) is 54.5 cm³/mol. The van der Waals surface area contributed by atoms with E-state index in [0.717, 1.165) is 0 Å². The number of halogens is 2. The molecule has 86 valence electrons. The van der Waals surface area contributed by atoms with Gasteiger partial charge in [-0.1, -0.05) is 6.07 Å². The highest BCUT2D eigenvalue weighted by Crippen LogP contribution is 2.29. The first-order valence-corrected chi connectivity index (χ1v) is 4.42. The van der Waals surface area contributed by atoms with Crippen LogP contribution in [0.5, 0.6) is 11.5 Å². The van der Waals surface area contributed by atoms with Crippen LogP contribution < -0.4 is 9.47 Å². The van der Waals surface area contributed by atoms with Gasteiger partial charge in [0.05, 0.1) is 7.11 Å². The number of benzene rings is 1. The van der Waals surface area contributed by atoms with Crippen molar-refractivity contribution in [1.82, 2.24) is 0 Å². The number of methoxy groups -OCH3 is 1. The quantitative estimate of drug-likeness (QED) is 0.589. The average Bonchev–Trinajstić information content (AvgIpc) is 2.18. The van der Waals surface area contributed by atoms with Gasteiger partial charge in [0.2, 0.25) is 0 Å². The van der Waals surface area contributed by atoms with Gasteiger partial charge in [0.25, 0.3) is 6.08 Å². The number of rotatable bonds is 3. The van der Waals surface area contributed by atoms with E-state index in [-0.39, 0.29) is 17.1 Å². The van der Waals surface area contributed by atoms with Crippen LogP contribution in [0.2, 0.25) is 0 Å². The molecule has 16 heavy (non-hydrogen) atoms. The van der Waals surface area contributed by atoms with Crippen molar-refractivity contribution in [3.8, 4) is 11.5 Å². The molecular weight excluding hydrogens is 218 g/mol. The number of hydrogen-bond donors (Lipinski definition) is 0. The average molecular weight is 228 g/mol. The minimum Gasteiger partial charge on any atom is -0.493 e. The molecule has 0 spiro atoms. The van der Waals surface area contributed by atoms with Gasteiger partial charge in [-0.3, -0.25) is 4.79 Å². The maximum absolute atomic E-state index is 12.0. The van der Waals surface area contributed by atoms with Crippen LogP contribution in [0.15, 0.2) is 24.3 Å². The van der Waals surface area contributed by atoms with Crippen molar-refractivity contribution >= 4 is 12.0 Å². The molecule has 0 aliphatic carbocycles. The predicted octanol–water partition coefficient (Wildman–Crippen LogP) is 2.86. The van der Waals surface area contributed by atoms with Crippen LogP contribution in [0.4, 0.5) is 8.78 Å². The number of esters is 1. The van der Waals surface area contributed by atoms with E-state index in [4.69, 9.17) is 9.47 Å². The maximum atomic E-state index is 12.0. The molecule has 1 rings (SSSR count). The zero-order valence-electron chi connectivity index (χ0n) is 8.79. The third-order valence-corrected chi connectivity index (χ3v) is 1.72. The Morgan fingerprint density at radius 3 is 2.50 bits per heavy atom. The largest absolute Gasteiger partial charge is 0.493 e. The second kappa shape index (κ2) is 5.25. The molecule has 0 saturated heterocycles. The Hall–Kier alpha value is -1.91. The van der Waals surface area contributed by atoms with Gasteiger partial charge in [0.15, 0.2) is 11.5 Å². The van der Waals surface area contributed by atoms with Gasteiger partial charge in [0, 0.05) is 13.0 Å². The number of hydrogen-bond acceptors (Lipinski definition) is 3. The van der Waals surface area contributed by atoms with Gasteiger partial charge < -0.3 is 9.47 Å². The molecule has 0 aliphatic rings. The van der Waals surface area contributed by atoms with Crippen molar-refractivity contribution in [3.63, 3.8) is 0 Å². The van der Waals surface area contributed by atoms with Gasteiger partial charge in [-0.05, 0) is 17.7 Å². The molecule has 5 heteroatoms.